The standard InChI is InChI=1S/C30H60/c1-5-7-9-11-13-15-17-19-21-23-25-29(3)27-28-30(4)26-24-22-20-18-16-14-12-10-8-6-2/h15,17,29-30H,5-14,16,18-28H2,1-4H3/b17-15+. The van der Waals surface area contributed by atoms with Gasteiger partial charge >= 0.3 is 0 Å². The van der Waals surface area contributed by atoms with E-state index in [0.717, 1.165) is 11.8 Å². The van der Waals surface area contributed by atoms with Gasteiger partial charge in [-0.1, -0.05) is 155 Å². The summed E-state index contributed by atoms with van der Waals surface area (Å²) < 4.78 is 0. The lowest BCUT2D eigenvalue weighted by Gasteiger charge is -2.15. The first kappa shape index (κ1) is 29.7. The highest BCUT2D eigenvalue weighted by Crippen LogP contribution is 2.22. The molecule has 2 unspecified atom stereocenters. The highest BCUT2D eigenvalue weighted by molar-refractivity contribution is 4.81. The van der Waals surface area contributed by atoms with Crippen LogP contribution >= 0.6 is 0 Å². The van der Waals surface area contributed by atoms with Crippen molar-refractivity contribution in [2.45, 2.75) is 169 Å². The van der Waals surface area contributed by atoms with E-state index in [1.54, 1.807) is 0 Å². The Balaban J connectivity index is 3.35. The van der Waals surface area contributed by atoms with Gasteiger partial charge in [0.15, 0.2) is 0 Å². The van der Waals surface area contributed by atoms with Crippen LogP contribution in [0.3, 0.4) is 0 Å². The van der Waals surface area contributed by atoms with Gasteiger partial charge in [-0.2, -0.15) is 0 Å². The zero-order valence-corrected chi connectivity index (χ0v) is 21.9. The first-order valence-corrected chi connectivity index (χ1v) is 14.4. The monoisotopic (exact) mass is 420 g/mol. The Bertz CT molecular complexity index is 329. The molecule has 0 aliphatic rings. The molecule has 0 aromatic carbocycles. The van der Waals surface area contributed by atoms with Gasteiger partial charge in [0.1, 0.15) is 0 Å². The highest BCUT2D eigenvalue weighted by Gasteiger charge is 2.07. The summed E-state index contributed by atoms with van der Waals surface area (Å²) >= 11 is 0. The average molecular weight is 421 g/mol. The molecule has 0 amide bonds. The minimum Gasteiger partial charge on any atom is -0.0885 e. The van der Waals surface area contributed by atoms with Crippen LogP contribution in [0.1, 0.15) is 169 Å². The molecule has 0 heteroatoms. The largest absolute Gasteiger partial charge is 0.0885 e. The van der Waals surface area contributed by atoms with Crippen LogP contribution in [0.4, 0.5) is 0 Å². The maximum absolute atomic E-state index is 2.49. The molecule has 180 valence electrons. The lowest BCUT2D eigenvalue weighted by Crippen LogP contribution is -2.01. The molecule has 0 heterocycles. The second-order valence-electron chi connectivity index (χ2n) is 10.4. The van der Waals surface area contributed by atoms with Gasteiger partial charge < -0.3 is 0 Å². The van der Waals surface area contributed by atoms with Gasteiger partial charge in [0.25, 0.3) is 0 Å². The van der Waals surface area contributed by atoms with Crippen molar-refractivity contribution in [2.75, 3.05) is 0 Å². The lowest BCUT2D eigenvalue weighted by atomic mass is 9.91. The molecular formula is C30H60. The van der Waals surface area contributed by atoms with Crippen molar-refractivity contribution in [2.24, 2.45) is 11.8 Å². The molecule has 0 nitrogen and oxygen atoms in total. The molecule has 0 aromatic rings. The molecule has 0 aliphatic heterocycles. The average Bonchev–Trinajstić information content (AvgIpc) is 2.75. The van der Waals surface area contributed by atoms with Crippen LogP contribution in [0.2, 0.25) is 0 Å². The van der Waals surface area contributed by atoms with Crippen LogP contribution in [-0.4, -0.2) is 0 Å². The third-order valence-electron chi connectivity index (χ3n) is 6.91. The van der Waals surface area contributed by atoms with Crippen LogP contribution < -0.4 is 0 Å². The summed E-state index contributed by atoms with van der Waals surface area (Å²) in [4.78, 5) is 0. The maximum Gasteiger partial charge on any atom is -0.0351 e. The van der Waals surface area contributed by atoms with Crippen molar-refractivity contribution in [1.29, 1.82) is 0 Å². The summed E-state index contributed by atoms with van der Waals surface area (Å²) in [6.45, 7) is 9.57. The maximum atomic E-state index is 2.49. The molecule has 0 aromatic heterocycles. The molecule has 0 N–H and O–H groups in total. The molecule has 0 spiro atoms. The van der Waals surface area contributed by atoms with Gasteiger partial charge in [-0.05, 0) is 37.5 Å². The van der Waals surface area contributed by atoms with Crippen molar-refractivity contribution in [1.82, 2.24) is 0 Å². The quantitative estimate of drug-likeness (QED) is 0.107. The van der Waals surface area contributed by atoms with Crippen molar-refractivity contribution in [3.05, 3.63) is 12.2 Å². The SMILES string of the molecule is CCCCCC/C=C/CCCCC(C)CCC(C)CCCCCCCCCCCC. The molecule has 0 fully saturated rings. The topological polar surface area (TPSA) is 0 Å². The molecule has 2 atom stereocenters. The van der Waals surface area contributed by atoms with E-state index >= 15 is 0 Å². The molecular weight excluding hydrogens is 360 g/mol. The predicted molar refractivity (Wildman–Crippen MR) is 140 cm³/mol. The lowest BCUT2D eigenvalue weighted by molar-refractivity contribution is 0.379. The van der Waals surface area contributed by atoms with Gasteiger partial charge in [0.05, 0.1) is 0 Å². The normalized spacial score (nSPS) is 13.9. The summed E-state index contributed by atoms with van der Waals surface area (Å²) in [5.74, 6) is 1.87. The van der Waals surface area contributed by atoms with Crippen LogP contribution in [0.15, 0.2) is 12.2 Å². The third-order valence-corrected chi connectivity index (χ3v) is 6.91. The number of rotatable bonds is 24. The Labute approximate surface area is 193 Å². The van der Waals surface area contributed by atoms with E-state index in [1.165, 1.54) is 141 Å². The van der Waals surface area contributed by atoms with Gasteiger partial charge in [-0.15, -0.1) is 0 Å². The fourth-order valence-corrected chi connectivity index (χ4v) is 4.52. The van der Waals surface area contributed by atoms with E-state index in [-0.39, 0.29) is 0 Å². The van der Waals surface area contributed by atoms with Gasteiger partial charge in [-0.3, -0.25) is 0 Å². The summed E-state index contributed by atoms with van der Waals surface area (Å²) in [5, 5.41) is 0. The van der Waals surface area contributed by atoms with E-state index in [2.05, 4.69) is 39.8 Å². The Morgan fingerprint density at radius 2 is 0.733 bits per heavy atom. The molecule has 0 aliphatic carbocycles. The van der Waals surface area contributed by atoms with Crippen LogP contribution in [0, 0.1) is 11.8 Å². The summed E-state index contributed by atoms with van der Waals surface area (Å²) in [6, 6.07) is 0. The van der Waals surface area contributed by atoms with Crippen molar-refractivity contribution in [3.8, 4) is 0 Å². The Morgan fingerprint density at radius 1 is 0.400 bits per heavy atom. The molecule has 0 radical (unpaired) electrons. The van der Waals surface area contributed by atoms with Gasteiger partial charge in [0.2, 0.25) is 0 Å². The Kier molecular flexibility index (Phi) is 24.8. The second-order valence-corrected chi connectivity index (χ2v) is 10.4. The first-order chi connectivity index (χ1) is 14.7. The molecule has 0 bridgehead atoms. The van der Waals surface area contributed by atoms with E-state index in [0.29, 0.717) is 0 Å². The van der Waals surface area contributed by atoms with E-state index in [1.807, 2.05) is 0 Å². The van der Waals surface area contributed by atoms with Crippen molar-refractivity contribution >= 4 is 0 Å². The zero-order chi connectivity index (χ0) is 22.1. The van der Waals surface area contributed by atoms with Crippen LogP contribution in [0.5, 0.6) is 0 Å². The molecule has 0 saturated carbocycles. The predicted octanol–water partition coefficient (Wildman–Crippen LogP) is 11.4. The number of allylic oxidation sites excluding steroid dienone is 2. The van der Waals surface area contributed by atoms with E-state index in [4.69, 9.17) is 0 Å². The van der Waals surface area contributed by atoms with Crippen molar-refractivity contribution < 1.29 is 0 Å². The fourth-order valence-electron chi connectivity index (χ4n) is 4.52. The molecule has 0 rings (SSSR count). The number of hydrogen-bond acceptors (Lipinski definition) is 0. The van der Waals surface area contributed by atoms with Crippen LogP contribution in [0.25, 0.3) is 0 Å². The smallest absolute Gasteiger partial charge is 0.0351 e. The summed E-state index contributed by atoms with van der Waals surface area (Å²) in [7, 11) is 0. The van der Waals surface area contributed by atoms with Gasteiger partial charge in [0, 0.05) is 0 Å². The van der Waals surface area contributed by atoms with Crippen LogP contribution in [-0.2, 0) is 0 Å². The Morgan fingerprint density at radius 3 is 1.20 bits per heavy atom. The minimum atomic E-state index is 0.929. The molecule has 0 saturated heterocycles. The molecule has 30 heavy (non-hydrogen) atoms. The number of hydrogen-bond donors (Lipinski definition) is 0. The highest BCUT2D eigenvalue weighted by atomic mass is 14.1. The summed E-state index contributed by atoms with van der Waals surface area (Å²) in [5.41, 5.74) is 0. The van der Waals surface area contributed by atoms with Crippen molar-refractivity contribution in [3.63, 3.8) is 0 Å². The van der Waals surface area contributed by atoms with Gasteiger partial charge in [-0.25, -0.2) is 0 Å². The Hall–Kier alpha value is -0.260. The number of unbranched alkanes of at least 4 members (excludes halogenated alkanes) is 15. The zero-order valence-electron chi connectivity index (χ0n) is 21.9. The third kappa shape index (κ3) is 24.0. The second kappa shape index (κ2) is 25.0. The first-order valence-electron chi connectivity index (χ1n) is 14.4. The minimum absolute atomic E-state index is 0.929. The van der Waals surface area contributed by atoms with E-state index in [9.17, 15) is 0 Å². The fraction of sp³-hybridized carbons (Fsp3) is 0.933. The van der Waals surface area contributed by atoms with E-state index < -0.39 is 0 Å². The summed E-state index contributed by atoms with van der Waals surface area (Å²) in [6.07, 6.45) is 36.2.